The predicted molar refractivity (Wildman–Crippen MR) is 97.7 cm³/mol. The summed E-state index contributed by atoms with van der Waals surface area (Å²) in [4.78, 5) is 40.2. The zero-order valence-corrected chi connectivity index (χ0v) is 16.5. The number of likely N-dealkylation sites (tertiary alicyclic amines) is 2. The first-order valence-corrected chi connectivity index (χ1v) is 9.73. The van der Waals surface area contributed by atoms with Crippen molar-refractivity contribution in [2.24, 2.45) is 23.2 Å². The zero-order chi connectivity index (χ0) is 18.8. The highest BCUT2D eigenvalue weighted by atomic mass is 16.2. The van der Waals surface area contributed by atoms with Gasteiger partial charge in [0.25, 0.3) is 0 Å². The molecule has 0 aromatic carbocycles. The molecular formula is C20H34N2O3. The number of carbonyl (C=O) groups is 3. The average Bonchev–Trinajstić information content (AvgIpc) is 3.10. The minimum Gasteiger partial charge on any atom is -0.342 e. The molecule has 0 aromatic rings. The summed E-state index contributed by atoms with van der Waals surface area (Å²) in [5.41, 5.74) is -0.180. The largest absolute Gasteiger partial charge is 0.342 e. The van der Waals surface area contributed by atoms with E-state index < -0.39 is 0 Å². The number of amides is 3. The maximum absolute atomic E-state index is 12.4. The molecule has 2 fully saturated rings. The van der Waals surface area contributed by atoms with Crippen molar-refractivity contribution < 1.29 is 14.4 Å². The van der Waals surface area contributed by atoms with Crippen molar-refractivity contribution in [3.63, 3.8) is 0 Å². The summed E-state index contributed by atoms with van der Waals surface area (Å²) >= 11 is 0. The molecule has 3 amide bonds. The average molecular weight is 351 g/mol. The van der Waals surface area contributed by atoms with Crippen LogP contribution in [-0.4, -0.2) is 47.2 Å². The molecule has 0 aliphatic carbocycles. The van der Waals surface area contributed by atoms with Gasteiger partial charge in [0.2, 0.25) is 17.7 Å². The third-order valence-corrected chi connectivity index (χ3v) is 5.83. The molecule has 5 heteroatoms. The first-order chi connectivity index (χ1) is 11.6. The van der Waals surface area contributed by atoms with Crippen LogP contribution in [0.3, 0.4) is 0 Å². The molecular weight excluding hydrogens is 316 g/mol. The Morgan fingerprint density at radius 2 is 1.88 bits per heavy atom. The second-order valence-electron chi connectivity index (χ2n) is 9.10. The Morgan fingerprint density at radius 3 is 2.40 bits per heavy atom. The van der Waals surface area contributed by atoms with Crippen LogP contribution in [0, 0.1) is 23.2 Å². The topological polar surface area (TPSA) is 57.7 Å². The highest BCUT2D eigenvalue weighted by molar-refractivity contribution is 6.03. The van der Waals surface area contributed by atoms with Gasteiger partial charge in [-0.1, -0.05) is 34.6 Å². The standard InChI is InChI=1S/C20H34N2O3/c1-14(2)15-9-11-21(13-15)17(23)8-6-7-10-22-18(24)12-16(19(22)25)20(3,4)5/h14-16H,6-13H2,1-5H3. The molecule has 2 unspecified atom stereocenters. The van der Waals surface area contributed by atoms with Gasteiger partial charge in [-0.05, 0) is 36.5 Å². The van der Waals surface area contributed by atoms with Crippen molar-refractivity contribution in [2.45, 2.75) is 66.7 Å². The number of nitrogens with zero attached hydrogens (tertiary/aromatic N) is 2. The minimum absolute atomic E-state index is 0.0388. The maximum atomic E-state index is 12.4. The summed E-state index contributed by atoms with van der Waals surface area (Å²) in [5.74, 6) is 1.16. The van der Waals surface area contributed by atoms with Crippen molar-refractivity contribution in [3.8, 4) is 0 Å². The number of unbranched alkanes of at least 4 members (excludes halogenated alkanes) is 1. The molecule has 2 heterocycles. The van der Waals surface area contributed by atoms with Crippen LogP contribution in [-0.2, 0) is 14.4 Å². The van der Waals surface area contributed by atoms with Crippen LogP contribution in [0.2, 0.25) is 0 Å². The molecule has 0 aromatic heterocycles. The van der Waals surface area contributed by atoms with Gasteiger partial charge >= 0.3 is 0 Å². The van der Waals surface area contributed by atoms with Crippen molar-refractivity contribution >= 4 is 17.7 Å². The third-order valence-electron chi connectivity index (χ3n) is 5.83. The Hall–Kier alpha value is -1.39. The van der Waals surface area contributed by atoms with Gasteiger partial charge in [0, 0.05) is 32.5 Å². The number of hydrogen-bond acceptors (Lipinski definition) is 3. The van der Waals surface area contributed by atoms with Crippen LogP contribution in [0.5, 0.6) is 0 Å². The quantitative estimate of drug-likeness (QED) is 0.546. The van der Waals surface area contributed by atoms with Gasteiger partial charge in [0.15, 0.2) is 0 Å². The van der Waals surface area contributed by atoms with Gasteiger partial charge < -0.3 is 4.90 Å². The summed E-state index contributed by atoms with van der Waals surface area (Å²) in [5, 5.41) is 0. The van der Waals surface area contributed by atoms with E-state index in [9.17, 15) is 14.4 Å². The molecule has 2 saturated heterocycles. The molecule has 0 N–H and O–H groups in total. The number of carbonyl (C=O) groups excluding carboxylic acids is 3. The van der Waals surface area contributed by atoms with E-state index in [1.807, 2.05) is 25.7 Å². The van der Waals surface area contributed by atoms with Gasteiger partial charge in [-0.25, -0.2) is 0 Å². The molecule has 142 valence electrons. The maximum Gasteiger partial charge on any atom is 0.233 e. The van der Waals surface area contributed by atoms with Crippen molar-refractivity contribution in [1.29, 1.82) is 0 Å². The predicted octanol–water partition coefficient (Wildman–Crippen LogP) is 3.08. The Morgan fingerprint density at radius 1 is 1.20 bits per heavy atom. The molecule has 2 atom stereocenters. The van der Waals surface area contributed by atoms with Crippen molar-refractivity contribution in [3.05, 3.63) is 0 Å². The second-order valence-corrected chi connectivity index (χ2v) is 9.10. The van der Waals surface area contributed by atoms with E-state index in [-0.39, 0.29) is 29.1 Å². The summed E-state index contributed by atoms with van der Waals surface area (Å²) in [7, 11) is 0. The van der Waals surface area contributed by atoms with Crippen LogP contribution in [0.1, 0.15) is 66.7 Å². The molecule has 0 saturated carbocycles. The third kappa shape index (κ3) is 4.83. The van der Waals surface area contributed by atoms with Gasteiger partial charge in [0.05, 0.1) is 5.92 Å². The lowest BCUT2D eigenvalue weighted by atomic mass is 9.80. The van der Waals surface area contributed by atoms with Crippen LogP contribution in [0.15, 0.2) is 0 Å². The smallest absolute Gasteiger partial charge is 0.233 e. The Bertz CT molecular complexity index is 522. The van der Waals surface area contributed by atoms with Crippen LogP contribution >= 0.6 is 0 Å². The first-order valence-electron chi connectivity index (χ1n) is 9.73. The highest BCUT2D eigenvalue weighted by Gasteiger charge is 2.44. The van der Waals surface area contributed by atoms with Crippen molar-refractivity contribution in [1.82, 2.24) is 9.80 Å². The minimum atomic E-state index is -0.209. The highest BCUT2D eigenvalue weighted by Crippen LogP contribution is 2.35. The fourth-order valence-corrected chi connectivity index (χ4v) is 3.86. The van der Waals surface area contributed by atoms with E-state index in [2.05, 4.69) is 13.8 Å². The molecule has 5 nitrogen and oxygen atoms in total. The molecule has 2 aliphatic heterocycles. The Kier molecular flexibility index (Phi) is 6.28. The van der Waals surface area contributed by atoms with Gasteiger partial charge in [0.1, 0.15) is 0 Å². The fourth-order valence-electron chi connectivity index (χ4n) is 3.86. The monoisotopic (exact) mass is 350 g/mol. The molecule has 0 spiro atoms. The summed E-state index contributed by atoms with van der Waals surface area (Å²) in [6, 6.07) is 0. The Labute approximate surface area is 152 Å². The summed E-state index contributed by atoms with van der Waals surface area (Å²) in [6.07, 6.45) is 3.39. The van der Waals surface area contributed by atoms with E-state index >= 15 is 0 Å². The number of imide groups is 1. The molecule has 2 aliphatic rings. The molecule has 2 rings (SSSR count). The molecule has 0 bridgehead atoms. The normalized spacial score (nSPS) is 24.7. The van der Waals surface area contributed by atoms with Gasteiger partial charge in [-0.3, -0.25) is 19.3 Å². The van der Waals surface area contributed by atoms with Crippen LogP contribution < -0.4 is 0 Å². The lowest BCUT2D eigenvalue weighted by Gasteiger charge is -2.24. The van der Waals surface area contributed by atoms with Crippen LogP contribution in [0.4, 0.5) is 0 Å². The zero-order valence-electron chi connectivity index (χ0n) is 16.5. The first kappa shape index (κ1) is 19.9. The lowest BCUT2D eigenvalue weighted by Crippen LogP contribution is -2.35. The molecule has 0 radical (unpaired) electrons. The summed E-state index contributed by atoms with van der Waals surface area (Å²) in [6.45, 7) is 12.7. The SMILES string of the molecule is CC(C)C1CCN(C(=O)CCCCN2C(=O)CC(C(C)(C)C)C2=O)C1. The van der Waals surface area contributed by atoms with Crippen molar-refractivity contribution in [2.75, 3.05) is 19.6 Å². The van der Waals surface area contributed by atoms with E-state index in [1.54, 1.807) is 0 Å². The van der Waals surface area contributed by atoms with E-state index in [0.29, 0.717) is 37.6 Å². The van der Waals surface area contributed by atoms with Crippen LogP contribution in [0.25, 0.3) is 0 Å². The van der Waals surface area contributed by atoms with Gasteiger partial charge in [-0.15, -0.1) is 0 Å². The summed E-state index contributed by atoms with van der Waals surface area (Å²) < 4.78 is 0. The number of rotatable bonds is 6. The second kappa shape index (κ2) is 7.88. The van der Waals surface area contributed by atoms with E-state index in [0.717, 1.165) is 25.9 Å². The van der Waals surface area contributed by atoms with E-state index in [1.165, 1.54) is 4.90 Å². The Balaban J connectivity index is 1.72. The fraction of sp³-hybridized carbons (Fsp3) is 0.850. The van der Waals surface area contributed by atoms with E-state index in [4.69, 9.17) is 0 Å². The number of hydrogen-bond donors (Lipinski definition) is 0. The van der Waals surface area contributed by atoms with Gasteiger partial charge in [-0.2, -0.15) is 0 Å². The molecule has 25 heavy (non-hydrogen) atoms. The lowest BCUT2D eigenvalue weighted by molar-refractivity contribution is -0.140.